The fraction of sp³-hybridized carbons (Fsp3) is 0.875. The molecule has 0 saturated carbocycles. The molecular weight excluding hydrogens is 169 g/mol. The van der Waals surface area contributed by atoms with Crippen LogP contribution in [-0.4, -0.2) is 13.0 Å². The first-order valence-electron chi connectivity index (χ1n) is 4.06. The molecule has 73 valence electrons. The fourth-order valence-corrected chi connectivity index (χ4v) is 0.820. The lowest BCUT2D eigenvalue weighted by Crippen LogP contribution is -2.13. The number of ether oxygens (including phenoxy) is 1. The summed E-state index contributed by atoms with van der Waals surface area (Å²) in [4.78, 5) is 0. The van der Waals surface area contributed by atoms with E-state index in [-0.39, 0.29) is 6.61 Å². The van der Waals surface area contributed by atoms with Crippen LogP contribution in [0.1, 0.15) is 32.1 Å². The van der Waals surface area contributed by atoms with Gasteiger partial charge in [0.2, 0.25) is 0 Å². The molecule has 1 nitrogen and oxygen atoms in total. The van der Waals surface area contributed by atoms with E-state index in [0.717, 1.165) is 25.7 Å². The van der Waals surface area contributed by atoms with Gasteiger partial charge in [0.05, 0.1) is 6.61 Å². The summed E-state index contributed by atoms with van der Waals surface area (Å²) < 4.78 is 37.8. The van der Waals surface area contributed by atoms with Crippen LogP contribution < -0.4 is 0 Å². The fourth-order valence-electron chi connectivity index (χ4n) is 0.820. The van der Waals surface area contributed by atoms with Gasteiger partial charge in [-0.15, -0.1) is 13.2 Å². The Morgan fingerprint density at radius 1 is 1.00 bits per heavy atom. The minimum atomic E-state index is -4.47. The summed E-state index contributed by atoms with van der Waals surface area (Å²) in [7, 11) is 0. The molecule has 0 fully saturated rings. The normalized spacial score (nSPS) is 12.0. The lowest BCUT2D eigenvalue weighted by Gasteiger charge is -2.06. The average Bonchev–Trinajstić information content (AvgIpc) is 1.94. The lowest BCUT2D eigenvalue weighted by atomic mass is 10.2. The van der Waals surface area contributed by atoms with E-state index in [1.165, 1.54) is 0 Å². The number of hydrogen-bond donors (Lipinski definition) is 0. The van der Waals surface area contributed by atoms with Crippen molar-refractivity contribution in [2.45, 2.75) is 38.5 Å². The van der Waals surface area contributed by atoms with Crippen molar-refractivity contribution < 1.29 is 17.9 Å². The summed E-state index contributed by atoms with van der Waals surface area (Å²) in [6.07, 6.45) is -0.450. The maximum atomic E-state index is 11.4. The standard InChI is InChI=1S/C8H14F3O/c1-2-3-4-5-6-7-12-8(9,10)11/h1-7H2. The Balaban J connectivity index is 3.01. The van der Waals surface area contributed by atoms with Crippen LogP contribution in [0, 0.1) is 6.92 Å². The number of hydrogen-bond acceptors (Lipinski definition) is 1. The largest absolute Gasteiger partial charge is 0.522 e. The quantitative estimate of drug-likeness (QED) is 0.574. The van der Waals surface area contributed by atoms with E-state index in [2.05, 4.69) is 11.7 Å². The summed E-state index contributed by atoms with van der Waals surface area (Å²) >= 11 is 0. The van der Waals surface area contributed by atoms with Gasteiger partial charge in [-0.05, 0) is 6.42 Å². The molecule has 0 rings (SSSR count). The Hall–Kier alpha value is -0.250. The van der Waals surface area contributed by atoms with Gasteiger partial charge in [-0.3, -0.25) is 4.74 Å². The molecule has 0 aromatic carbocycles. The van der Waals surface area contributed by atoms with Crippen molar-refractivity contribution in [1.82, 2.24) is 0 Å². The van der Waals surface area contributed by atoms with Crippen molar-refractivity contribution in [1.29, 1.82) is 0 Å². The highest BCUT2D eigenvalue weighted by Crippen LogP contribution is 2.16. The first-order chi connectivity index (χ1) is 5.56. The van der Waals surface area contributed by atoms with Crippen molar-refractivity contribution in [2.24, 2.45) is 0 Å². The van der Waals surface area contributed by atoms with Gasteiger partial charge in [-0.1, -0.05) is 32.6 Å². The molecule has 0 heterocycles. The monoisotopic (exact) mass is 183 g/mol. The molecule has 1 radical (unpaired) electrons. The third kappa shape index (κ3) is 9.75. The zero-order valence-corrected chi connectivity index (χ0v) is 6.99. The van der Waals surface area contributed by atoms with Crippen LogP contribution in [0.3, 0.4) is 0 Å². The third-order valence-electron chi connectivity index (χ3n) is 1.41. The van der Waals surface area contributed by atoms with Gasteiger partial charge >= 0.3 is 6.36 Å². The predicted molar refractivity (Wildman–Crippen MR) is 40.4 cm³/mol. The van der Waals surface area contributed by atoms with Crippen LogP contribution in [-0.2, 0) is 4.74 Å². The van der Waals surface area contributed by atoms with E-state index in [0.29, 0.717) is 6.42 Å². The van der Waals surface area contributed by atoms with Crippen LogP contribution in [0.15, 0.2) is 0 Å². The van der Waals surface area contributed by atoms with Gasteiger partial charge in [0, 0.05) is 0 Å². The van der Waals surface area contributed by atoms with Gasteiger partial charge in [0.15, 0.2) is 0 Å². The third-order valence-corrected chi connectivity index (χ3v) is 1.41. The Kier molecular flexibility index (Phi) is 6.16. The number of rotatable bonds is 6. The molecule has 4 heteroatoms. The number of unbranched alkanes of at least 4 members (excludes halogenated alkanes) is 4. The highest BCUT2D eigenvalue weighted by Gasteiger charge is 2.28. The molecule has 0 aliphatic carbocycles. The van der Waals surface area contributed by atoms with Crippen LogP contribution in [0.25, 0.3) is 0 Å². The van der Waals surface area contributed by atoms with E-state index in [9.17, 15) is 13.2 Å². The second kappa shape index (κ2) is 6.29. The summed E-state index contributed by atoms with van der Waals surface area (Å²) in [5.74, 6) is 0. The van der Waals surface area contributed by atoms with Gasteiger partial charge in [-0.25, -0.2) is 0 Å². The van der Waals surface area contributed by atoms with Crippen molar-refractivity contribution in [3.8, 4) is 0 Å². The van der Waals surface area contributed by atoms with E-state index in [1.807, 2.05) is 0 Å². The van der Waals surface area contributed by atoms with E-state index >= 15 is 0 Å². The van der Waals surface area contributed by atoms with Crippen LogP contribution in [0.5, 0.6) is 0 Å². The first-order valence-corrected chi connectivity index (χ1v) is 4.06. The molecule has 0 saturated heterocycles. The maximum Gasteiger partial charge on any atom is 0.522 e. The number of alkyl halides is 3. The second-order valence-corrected chi connectivity index (χ2v) is 2.56. The minimum Gasteiger partial charge on any atom is -0.292 e. The molecule has 0 aliphatic rings. The molecule has 12 heavy (non-hydrogen) atoms. The molecule has 0 amide bonds. The smallest absolute Gasteiger partial charge is 0.292 e. The molecular formula is C8H14F3O. The minimum absolute atomic E-state index is 0.222. The highest BCUT2D eigenvalue weighted by molar-refractivity contribution is 4.45. The molecule has 0 aromatic rings. The van der Waals surface area contributed by atoms with Gasteiger partial charge in [0.25, 0.3) is 0 Å². The van der Waals surface area contributed by atoms with Crippen LogP contribution in [0.2, 0.25) is 0 Å². The first kappa shape index (κ1) is 11.8. The van der Waals surface area contributed by atoms with Gasteiger partial charge in [0.1, 0.15) is 0 Å². The predicted octanol–water partition coefficient (Wildman–Crippen LogP) is 3.31. The summed E-state index contributed by atoms with van der Waals surface area (Å²) in [5, 5.41) is 0. The van der Waals surface area contributed by atoms with Gasteiger partial charge < -0.3 is 0 Å². The van der Waals surface area contributed by atoms with Crippen LogP contribution >= 0.6 is 0 Å². The van der Waals surface area contributed by atoms with Crippen molar-refractivity contribution in [3.05, 3.63) is 6.92 Å². The Morgan fingerprint density at radius 3 is 2.08 bits per heavy atom. The molecule has 0 bridgehead atoms. The average molecular weight is 183 g/mol. The van der Waals surface area contributed by atoms with Crippen LogP contribution in [0.4, 0.5) is 13.2 Å². The van der Waals surface area contributed by atoms with E-state index in [1.54, 1.807) is 0 Å². The van der Waals surface area contributed by atoms with E-state index in [4.69, 9.17) is 0 Å². The Labute approximate surface area is 70.9 Å². The molecule has 0 spiro atoms. The highest BCUT2D eigenvalue weighted by atomic mass is 19.4. The summed E-state index contributed by atoms with van der Waals surface area (Å²) in [6, 6.07) is 0. The Bertz CT molecular complexity index is 101. The second-order valence-electron chi connectivity index (χ2n) is 2.56. The lowest BCUT2D eigenvalue weighted by molar-refractivity contribution is -0.324. The number of halogens is 3. The molecule has 0 atom stereocenters. The van der Waals surface area contributed by atoms with Crippen molar-refractivity contribution in [2.75, 3.05) is 6.61 Å². The zero-order valence-electron chi connectivity index (χ0n) is 6.99. The summed E-state index contributed by atoms with van der Waals surface area (Å²) in [6.45, 7) is 3.41. The van der Waals surface area contributed by atoms with Gasteiger partial charge in [-0.2, -0.15) is 0 Å². The SMILES string of the molecule is [CH2]CCCCCCOC(F)(F)F. The maximum absolute atomic E-state index is 11.4. The van der Waals surface area contributed by atoms with Crippen molar-refractivity contribution in [3.63, 3.8) is 0 Å². The molecule has 0 N–H and O–H groups in total. The molecule has 0 aliphatic heterocycles. The van der Waals surface area contributed by atoms with E-state index < -0.39 is 6.36 Å². The molecule has 0 unspecified atom stereocenters. The zero-order chi connectivity index (χ0) is 9.45. The topological polar surface area (TPSA) is 9.23 Å². The van der Waals surface area contributed by atoms with Crippen molar-refractivity contribution >= 4 is 0 Å². The Morgan fingerprint density at radius 2 is 1.58 bits per heavy atom. The molecule has 0 aromatic heterocycles. The summed E-state index contributed by atoms with van der Waals surface area (Å²) in [5.41, 5.74) is 0.